The maximum atomic E-state index is 12.7. The molecule has 0 bridgehead atoms. The monoisotopic (exact) mass is 448 g/mol. The van der Waals surface area contributed by atoms with Gasteiger partial charge in [-0.25, -0.2) is 0 Å². The Bertz CT molecular complexity index is 897. The first-order valence-corrected chi connectivity index (χ1v) is 10.3. The number of alkyl halides is 3. The summed E-state index contributed by atoms with van der Waals surface area (Å²) < 4.78 is 37.9. The number of benzene rings is 2. The predicted octanol–water partition coefficient (Wildman–Crippen LogP) is 3.71. The van der Waals surface area contributed by atoms with E-state index in [0.717, 1.165) is 17.7 Å². The van der Waals surface area contributed by atoms with Gasteiger partial charge in [0.15, 0.2) is 0 Å². The zero-order chi connectivity index (χ0) is 23.7. The molecule has 32 heavy (non-hydrogen) atoms. The van der Waals surface area contributed by atoms with Crippen molar-refractivity contribution in [3.8, 4) is 0 Å². The molecule has 0 aliphatic heterocycles. The third-order valence-electron chi connectivity index (χ3n) is 4.98. The van der Waals surface area contributed by atoms with E-state index in [9.17, 15) is 27.6 Å². The molecule has 5 nitrogen and oxygen atoms in total. The van der Waals surface area contributed by atoms with E-state index in [2.05, 4.69) is 10.6 Å². The van der Waals surface area contributed by atoms with Crippen LogP contribution in [-0.4, -0.2) is 30.2 Å². The third kappa shape index (κ3) is 7.83. The van der Waals surface area contributed by atoms with Gasteiger partial charge < -0.3 is 15.4 Å². The van der Waals surface area contributed by atoms with Crippen LogP contribution in [0.2, 0.25) is 0 Å². The fraction of sp³-hybridized carbons (Fsp3) is 0.375. The Morgan fingerprint density at radius 1 is 0.938 bits per heavy atom. The van der Waals surface area contributed by atoms with Gasteiger partial charge in [0.1, 0.15) is 12.3 Å². The van der Waals surface area contributed by atoms with Crippen LogP contribution in [0.25, 0.3) is 0 Å². The average Bonchev–Trinajstić information content (AvgIpc) is 2.75. The van der Waals surface area contributed by atoms with Crippen LogP contribution < -0.4 is 10.6 Å². The quantitative estimate of drug-likeness (QED) is 0.544. The smallest absolute Gasteiger partial charge is 0.344 e. The summed E-state index contributed by atoms with van der Waals surface area (Å²) in [4.78, 5) is 36.5. The van der Waals surface area contributed by atoms with Crippen molar-refractivity contribution in [1.29, 1.82) is 0 Å². The van der Waals surface area contributed by atoms with Gasteiger partial charge in [-0.3, -0.25) is 9.59 Å². The number of hydrogen-bond donors (Lipinski definition) is 2. The van der Waals surface area contributed by atoms with Crippen LogP contribution in [0, 0.1) is 5.92 Å². The molecule has 0 aromatic heterocycles. The van der Waals surface area contributed by atoms with Crippen LogP contribution in [0.3, 0.4) is 0 Å². The molecule has 2 unspecified atom stereocenters. The summed E-state index contributed by atoms with van der Waals surface area (Å²) in [5.41, 5.74) is 0.733. The number of hydrogen-bond acceptors (Lipinski definition) is 3. The fourth-order valence-corrected chi connectivity index (χ4v) is 3.17. The molecule has 2 atom stereocenters. The standard InChI is InChI=1S/C24H27F3N2O3/c1-16(2)22(23(32)28-20(15-30)14-18-6-4-3-5-7-18)29-21(31)13-10-17-8-11-19(12-9-17)24(25,26)27/h3-9,11-12,15-16,20,22H,10,13-14H2,1-2H3,(H,28,32)(H,29,31). The summed E-state index contributed by atoms with van der Waals surface area (Å²) in [5, 5.41) is 5.34. The second kappa shape index (κ2) is 11.5. The molecule has 2 amide bonds. The van der Waals surface area contributed by atoms with Crippen LogP contribution in [-0.2, 0) is 33.4 Å². The minimum absolute atomic E-state index is 0.0169. The molecule has 0 aliphatic carbocycles. The van der Waals surface area contributed by atoms with Crippen molar-refractivity contribution in [2.45, 2.75) is 51.4 Å². The summed E-state index contributed by atoms with van der Waals surface area (Å²) in [6.45, 7) is 3.54. The molecule has 8 heteroatoms. The molecule has 0 aliphatic rings. The number of amides is 2. The molecule has 0 saturated carbocycles. The minimum Gasteiger partial charge on any atom is -0.344 e. The van der Waals surface area contributed by atoms with E-state index in [4.69, 9.17) is 0 Å². The van der Waals surface area contributed by atoms with Gasteiger partial charge in [0, 0.05) is 6.42 Å². The molecule has 0 saturated heterocycles. The van der Waals surface area contributed by atoms with E-state index in [-0.39, 0.29) is 18.8 Å². The molecule has 0 radical (unpaired) electrons. The molecule has 2 N–H and O–H groups in total. The van der Waals surface area contributed by atoms with E-state index in [1.807, 2.05) is 30.3 Å². The summed E-state index contributed by atoms with van der Waals surface area (Å²) in [6, 6.07) is 12.3. The number of nitrogens with one attached hydrogen (secondary N) is 2. The zero-order valence-electron chi connectivity index (χ0n) is 18.0. The van der Waals surface area contributed by atoms with Crippen molar-refractivity contribution in [1.82, 2.24) is 10.6 Å². The Labute approximate surface area is 185 Å². The number of carbonyl (C=O) groups excluding carboxylic acids is 3. The molecule has 172 valence electrons. The molecular weight excluding hydrogens is 421 g/mol. The Hall–Kier alpha value is -3.16. The molecule has 2 aromatic carbocycles. The first-order chi connectivity index (χ1) is 15.1. The number of aldehydes is 1. The highest BCUT2D eigenvalue weighted by Gasteiger charge is 2.30. The zero-order valence-corrected chi connectivity index (χ0v) is 18.0. The van der Waals surface area contributed by atoms with Crippen molar-refractivity contribution < 1.29 is 27.6 Å². The summed E-state index contributed by atoms with van der Waals surface area (Å²) in [7, 11) is 0. The third-order valence-corrected chi connectivity index (χ3v) is 4.98. The first kappa shape index (κ1) is 25.1. The Kier molecular flexibility index (Phi) is 8.99. The van der Waals surface area contributed by atoms with Gasteiger partial charge in [-0.05, 0) is 42.0 Å². The lowest BCUT2D eigenvalue weighted by Gasteiger charge is -2.23. The normalized spacial score (nSPS) is 13.3. The van der Waals surface area contributed by atoms with E-state index in [1.54, 1.807) is 13.8 Å². The van der Waals surface area contributed by atoms with Crippen LogP contribution in [0.4, 0.5) is 13.2 Å². The van der Waals surface area contributed by atoms with Crippen molar-refractivity contribution in [2.75, 3.05) is 0 Å². The summed E-state index contributed by atoms with van der Waals surface area (Å²) >= 11 is 0. The Balaban J connectivity index is 1.91. The second-order valence-electron chi connectivity index (χ2n) is 7.92. The second-order valence-corrected chi connectivity index (χ2v) is 7.92. The van der Waals surface area contributed by atoms with Crippen LogP contribution in [0.15, 0.2) is 54.6 Å². The van der Waals surface area contributed by atoms with E-state index >= 15 is 0 Å². The number of halogens is 3. The maximum absolute atomic E-state index is 12.7. The predicted molar refractivity (Wildman–Crippen MR) is 115 cm³/mol. The number of rotatable bonds is 10. The molecule has 0 heterocycles. The molecule has 2 rings (SSSR count). The molecule has 2 aromatic rings. The highest BCUT2D eigenvalue weighted by molar-refractivity contribution is 5.89. The molecule has 0 spiro atoms. The van der Waals surface area contributed by atoms with Gasteiger partial charge in [0.2, 0.25) is 11.8 Å². The van der Waals surface area contributed by atoms with Crippen molar-refractivity contribution >= 4 is 18.1 Å². The van der Waals surface area contributed by atoms with Gasteiger partial charge in [0.25, 0.3) is 0 Å². The van der Waals surface area contributed by atoms with Crippen LogP contribution >= 0.6 is 0 Å². The SMILES string of the molecule is CC(C)C(NC(=O)CCc1ccc(C(F)(F)F)cc1)C(=O)NC(C=O)Cc1ccccc1. The largest absolute Gasteiger partial charge is 0.416 e. The fourth-order valence-electron chi connectivity index (χ4n) is 3.17. The van der Waals surface area contributed by atoms with E-state index in [1.165, 1.54) is 12.1 Å². The van der Waals surface area contributed by atoms with Crippen LogP contribution in [0.5, 0.6) is 0 Å². The lowest BCUT2D eigenvalue weighted by Crippen LogP contribution is -2.52. The van der Waals surface area contributed by atoms with E-state index in [0.29, 0.717) is 18.3 Å². The lowest BCUT2D eigenvalue weighted by atomic mass is 10.0. The number of aryl methyl sites for hydroxylation is 1. The van der Waals surface area contributed by atoms with Crippen molar-refractivity contribution in [2.24, 2.45) is 5.92 Å². The topological polar surface area (TPSA) is 75.3 Å². The Morgan fingerprint density at radius 3 is 2.09 bits per heavy atom. The van der Waals surface area contributed by atoms with Crippen LogP contribution in [0.1, 0.15) is 37.0 Å². The number of carbonyl (C=O) groups is 3. The lowest BCUT2D eigenvalue weighted by molar-refractivity contribution is -0.137. The highest BCUT2D eigenvalue weighted by Crippen LogP contribution is 2.29. The van der Waals surface area contributed by atoms with Crippen molar-refractivity contribution in [3.05, 3.63) is 71.3 Å². The highest BCUT2D eigenvalue weighted by atomic mass is 19.4. The first-order valence-electron chi connectivity index (χ1n) is 10.3. The maximum Gasteiger partial charge on any atom is 0.416 e. The Morgan fingerprint density at radius 2 is 1.56 bits per heavy atom. The van der Waals surface area contributed by atoms with Gasteiger partial charge in [-0.15, -0.1) is 0 Å². The van der Waals surface area contributed by atoms with Gasteiger partial charge in [-0.1, -0.05) is 56.3 Å². The van der Waals surface area contributed by atoms with Gasteiger partial charge in [-0.2, -0.15) is 13.2 Å². The average molecular weight is 448 g/mol. The molecule has 0 fully saturated rings. The summed E-state index contributed by atoms with van der Waals surface area (Å²) in [6.07, 6.45) is -3.16. The van der Waals surface area contributed by atoms with E-state index < -0.39 is 35.6 Å². The molecular formula is C24H27F3N2O3. The summed E-state index contributed by atoms with van der Waals surface area (Å²) in [5.74, 6) is -1.09. The van der Waals surface area contributed by atoms with Gasteiger partial charge >= 0.3 is 6.18 Å². The minimum atomic E-state index is -4.41. The van der Waals surface area contributed by atoms with Crippen molar-refractivity contribution in [3.63, 3.8) is 0 Å². The van der Waals surface area contributed by atoms with Gasteiger partial charge in [0.05, 0.1) is 11.6 Å².